The largest absolute Gasteiger partial charge is 0.481 e. The number of rotatable bonds is 4. The van der Waals surface area contributed by atoms with Gasteiger partial charge in [-0.25, -0.2) is 0 Å². The van der Waals surface area contributed by atoms with Gasteiger partial charge in [-0.15, -0.1) is 0 Å². The van der Waals surface area contributed by atoms with Gasteiger partial charge in [0.25, 0.3) is 0 Å². The zero-order valence-electron chi connectivity index (χ0n) is 12.4. The second kappa shape index (κ2) is 5.47. The van der Waals surface area contributed by atoms with Crippen LogP contribution < -0.4 is 0 Å². The third kappa shape index (κ3) is 2.13. The van der Waals surface area contributed by atoms with Gasteiger partial charge in [-0.2, -0.15) is 0 Å². The first-order valence-corrected chi connectivity index (χ1v) is 7.55. The summed E-state index contributed by atoms with van der Waals surface area (Å²) in [5.74, 6) is -12.3. The van der Waals surface area contributed by atoms with Crippen LogP contribution in [-0.4, -0.2) is 44.3 Å². The van der Waals surface area contributed by atoms with E-state index >= 15 is 0 Å². The molecule has 8 nitrogen and oxygen atoms in total. The molecule has 0 spiro atoms. The van der Waals surface area contributed by atoms with Crippen LogP contribution in [0.5, 0.6) is 0 Å². The molecule has 0 radical (unpaired) electrons. The number of carbonyl (C=O) groups is 4. The van der Waals surface area contributed by atoms with Crippen molar-refractivity contribution < 1.29 is 39.6 Å². The minimum absolute atomic E-state index is 0.000724. The highest BCUT2D eigenvalue weighted by Gasteiger charge is 2.59. The van der Waals surface area contributed by atoms with Gasteiger partial charge in [0.1, 0.15) is 0 Å². The van der Waals surface area contributed by atoms with Gasteiger partial charge in [0, 0.05) is 11.8 Å². The summed E-state index contributed by atoms with van der Waals surface area (Å²) in [4.78, 5) is 46.4. The minimum Gasteiger partial charge on any atom is -0.481 e. The Hall–Kier alpha value is -2.64. The van der Waals surface area contributed by atoms with E-state index in [1.807, 2.05) is 0 Å². The molecule has 0 heterocycles. The maximum atomic E-state index is 11.7. The van der Waals surface area contributed by atoms with Crippen molar-refractivity contribution >= 4 is 23.9 Å². The maximum Gasteiger partial charge on any atom is 0.308 e. The first-order chi connectivity index (χ1) is 11.3. The van der Waals surface area contributed by atoms with Crippen molar-refractivity contribution in [1.82, 2.24) is 0 Å². The number of hydrogen-bond donors (Lipinski definition) is 4. The van der Waals surface area contributed by atoms with Crippen LogP contribution in [-0.2, 0) is 19.2 Å². The number of hydrogen-bond acceptors (Lipinski definition) is 4. The predicted molar refractivity (Wildman–Crippen MR) is 76.8 cm³/mol. The minimum atomic E-state index is -1.30. The molecule has 0 saturated heterocycles. The normalized spacial score (nSPS) is 39.7. The van der Waals surface area contributed by atoms with Crippen molar-refractivity contribution in [2.75, 3.05) is 0 Å². The van der Waals surface area contributed by atoms with Crippen molar-refractivity contribution in [2.24, 2.45) is 41.4 Å². The molecule has 0 aromatic rings. The van der Waals surface area contributed by atoms with Gasteiger partial charge in [0.15, 0.2) is 0 Å². The highest BCUT2D eigenvalue weighted by molar-refractivity contribution is 5.85. The number of carboxylic acids is 4. The molecule has 7 unspecified atom stereocenters. The molecule has 2 bridgehead atoms. The summed E-state index contributed by atoms with van der Waals surface area (Å²) in [6.45, 7) is 0. The molecule has 4 aliphatic carbocycles. The molecular weight excluding hydrogens is 320 g/mol. The average molecular weight is 336 g/mol. The zero-order valence-corrected chi connectivity index (χ0v) is 12.4. The number of carboxylic acid groups (broad SMARTS) is 4. The third-order valence-electron chi connectivity index (χ3n) is 5.51. The summed E-state index contributed by atoms with van der Waals surface area (Å²) in [5.41, 5.74) is 0.553. The number of allylic oxidation sites excluding steroid dienone is 4. The van der Waals surface area contributed by atoms with Crippen LogP contribution >= 0.6 is 0 Å². The van der Waals surface area contributed by atoms with E-state index in [4.69, 9.17) is 0 Å². The topological polar surface area (TPSA) is 149 Å². The maximum absolute atomic E-state index is 11.7. The molecule has 0 aromatic heterocycles. The van der Waals surface area contributed by atoms with Crippen LogP contribution in [0.4, 0.5) is 0 Å². The van der Waals surface area contributed by atoms with E-state index in [1.165, 1.54) is 0 Å². The lowest BCUT2D eigenvalue weighted by Crippen LogP contribution is -2.55. The standard InChI is InChI=1S/C16H16O8/c17-13(18)8-4-2-5-6-1-3-7(9(5)12(8)16(23)24)11(15(21)22)10(6)14(19)20/h1-3,6-12H,4H2,(H,17,18)(H,19,20)(H,21,22)(H,23,24). The van der Waals surface area contributed by atoms with Gasteiger partial charge in [0.2, 0.25) is 0 Å². The van der Waals surface area contributed by atoms with Gasteiger partial charge in [-0.3, -0.25) is 19.2 Å². The molecule has 1 saturated carbocycles. The highest BCUT2D eigenvalue weighted by Crippen LogP contribution is 2.56. The Morgan fingerprint density at radius 1 is 0.792 bits per heavy atom. The summed E-state index contributed by atoms with van der Waals surface area (Å²) in [7, 11) is 0. The van der Waals surface area contributed by atoms with Crippen LogP contribution in [0.3, 0.4) is 0 Å². The van der Waals surface area contributed by atoms with Gasteiger partial charge in [-0.1, -0.05) is 23.8 Å². The first kappa shape index (κ1) is 16.2. The highest BCUT2D eigenvalue weighted by atomic mass is 16.4. The molecule has 128 valence electrons. The summed E-state index contributed by atoms with van der Waals surface area (Å²) in [6.07, 6.45) is 4.76. The SMILES string of the molecule is O=C(O)C1CC=C2C3C=CC(C(C(=O)O)C3C(=O)O)C2C1C(=O)O. The van der Waals surface area contributed by atoms with Crippen molar-refractivity contribution in [2.45, 2.75) is 6.42 Å². The van der Waals surface area contributed by atoms with E-state index in [1.54, 1.807) is 18.2 Å². The molecule has 1 fully saturated rings. The predicted octanol–water partition coefficient (Wildman–Crippen LogP) is 0.552. The van der Waals surface area contributed by atoms with E-state index in [9.17, 15) is 39.6 Å². The molecule has 8 heteroatoms. The third-order valence-corrected chi connectivity index (χ3v) is 5.51. The lowest BCUT2D eigenvalue weighted by Gasteiger charge is -2.51. The van der Waals surface area contributed by atoms with Crippen LogP contribution in [0, 0.1) is 41.4 Å². The van der Waals surface area contributed by atoms with Crippen molar-refractivity contribution in [1.29, 1.82) is 0 Å². The van der Waals surface area contributed by atoms with Crippen molar-refractivity contribution in [3.8, 4) is 0 Å². The van der Waals surface area contributed by atoms with Crippen molar-refractivity contribution in [3.63, 3.8) is 0 Å². The smallest absolute Gasteiger partial charge is 0.308 e. The molecule has 4 rings (SSSR count). The number of fused-ring (bicyclic) bond motifs is 1. The fourth-order valence-electron chi connectivity index (χ4n) is 4.64. The number of aliphatic carboxylic acids is 4. The fourth-order valence-corrected chi connectivity index (χ4v) is 4.64. The first-order valence-electron chi connectivity index (χ1n) is 7.55. The Labute approximate surface area is 136 Å². The quantitative estimate of drug-likeness (QED) is 0.544. The lowest BCUT2D eigenvalue weighted by molar-refractivity contribution is -0.165. The van der Waals surface area contributed by atoms with E-state index in [-0.39, 0.29) is 6.42 Å². The van der Waals surface area contributed by atoms with Gasteiger partial charge in [-0.05, 0) is 12.3 Å². The Morgan fingerprint density at radius 3 is 1.88 bits per heavy atom. The van der Waals surface area contributed by atoms with Gasteiger partial charge >= 0.3 is 23.9 Å². The van der Waals surface area contributed by atoms with Crippen LogP contribution in [0.2, 0.25) is 0 Å². The second-order valence-corrected chi connectivity index (χ2v) is 6.49. The Balaban J connectivity index is 2.13. The van der Waals surface area contributed by atoms with Crippen LogP contribution in [0.1, 0.15) is 6.42 Å². The second-order valence-electron chi connectivity index (χ2n) is 6.49. The van der Waals surface area contributed by atoms with Crippen LogP contribution in [0.15, 0.2) is 23.8 Å². The monoisotopic (exact) mass is 336 g/mol. The summed E-state index contributed by atoms with van der Waals surface area (Å²) < 4.78 is 0. The molecule has 4 N–H and O–H groups in total. The molecule has 0 aliphatic heterocycles. The molecular formula is C16H16O8. The molecule has 7 atom stereocenters. The summed E-state index contributed by atoms with van der Waals surface area (Å²) in [6, 6.07) is 0. The Kier molecular flexibility index (Phi) is 3.70. The fraction of sp³-hybridized carbons (Fsp3) is 0.500. The molecule has 0 amide bonds. The van der Waals surface area contributed by atoms with Gasteiger partial charge < -0.3 is 20.4 Å². The summed E-state index contributed by atoms with van der Waals surface area (Å²) >= 11 is 0. The Bertz CT molecular complexity index is 690. The van der Waals surface area contributed by atoms with Crippen molar-refractivity contribution in [3.05, 3.63) is 23.8 Å². The van der Waals surface area contributed by atoms with E-state index in [2.05, 4.69) is 0 Å². The van der Waals surface area contributed by atoms with E-state index < -0.39 is 65.3 Å². The Morgan fingerprint density at radius 2 is 1.38 bits per heavy atom. The molecule has 24 heavy (non-hydrogen) atoms. The lowest BCUT2D eigenvalue weighted by atomic mass is 9.50. The van der Waals surface area contributed by atoms with Gasteiger partial charge in [0.05, 0.1) is 23.7 Å². The molecule has 4 aliphatic rings. The van der Waals surface area contributed by atoms with E-state index in [0.29, 0.717) is 5.57 Å². The summed E-state index contributed by atoms with van der Waals surface area (Å²) in [5, 5.41) is 37.8. The molecule has 0 aromatic carbocycles. The average Bonchev–Trinajstić information content (AvgIpc) is 2.52. The zero-order chi connectivity index (χ0) is 17.8. The van der Waals surface area contributed by atoms with E-state index in [0.717, 1.165) is 0 Å². The van der Waals surface area contributed by atoms with Crippen LogP contribution in [0.25, 0.3) is 0 Å².